The molecule has 0 aromatic heterocycles. The first-order valence-corrected chi connectivity index (χ1v) is 10.8. The maximum absolute atomic E-state index is 12.0. The molecule has 0 saturated heterocycles. The lowest BCUT2D eigenvalue weighted by Gasteiger charge is -2.27. The lowest BCUT2D eigenvalue weighted by molar-refractivity contribution is -0.162. The van der Waals surface area contributed by atoms with Crippen molar-refractivity contribution in [2.75, 3.05) is 38.1 Å². The van der Waals surface area contributed by atoms with Gasteiger partial charge in [0.05, 0.1) is 19.8 Å². The summed E-state index contributed by atoms with van der Waals surface area (Å²) in [6.07, 6.45) is 4.75. The Labute approximate surface area is 152 Å². The molecule has 0 aliphatic heterocycles. The normalized spacial score (nSPS) is 13.1. The van der Waals surface area contributed by atoms with E-state index in [2.05, 4.69) is 10.0 Å². The van der Waals surface area contributed by atoms with Gasteiger partial charge in [-0.2, -0.15) is 0 Å². The van der Waals surface area contributed by atoms with Crippen molar-refractivity contribution in [2.24, 2.45) is 10.5 Å². The zero-order valence-electron chi connectivity index (χ0n) is 14.6. The zero-order chi connectivity index (χ0) is 18.1. The summed E-state index contributed by atoms with van der Waals surface area (Å²) in [7, 11) is 3.34. The smallest absolute Gasteiger partial charge is 0.316 e. The summed E-state index contributed by atoms with van der Waals surface area (Å²) in [5.74, 6) is 1.11. The van der Waals surface area contributed by atoms with Crippen LogP contribution in [-0.4, -0.2) is 49.1 Å². The number of carbonyl (C=O) groups is 1. The molecule has 9 heteroatoms. The van der Waals surface area contributed by atoms with Crippen molar-refractivity contribution in [1.29, 1.82) is 0 Å². The molecule has 0 aliphatic carbocycles. The van der Waals surface area contributed by atoms with Gasteiger partial charge in [-0.05, 0) is 31.7 Å². The number of hydrogen-bond acceptors (Lipinski definition) is 7. The van der Waals surface area contributed by atoms with Crippen LogP contribution in [0.5, 0.6) is 0 Å². The van der Waals surface area contributed by atoms with Crippen LogP contribution in [-0.2, 0) is 14.3 Å². The average Bonchev–Trinajstić information content (AvgIpc) is 2.60. The first kappa shape index (κ1) is 23.4. The molecule has 0 heterocycles. The van der Waals surface area contributed by atoms with Crippen LogP contribution >= 0.6 is 21.6 Å². The molecule has 1 unspecified atom stereocenters. The minimum absolute atomic E-state index is 0.172. The number of hydrogen-bond donors (Lipinski definition) is 1. The molecule has 1 atom stereocenters. The Bertz CT molecular complexity index is 376. The van der Waals surface area contributed by atoms with Gasteiger partial charge in [-0.1, -0.05) is 46.5 Å². The highest BCUT2D eigenvalue weighted by atomic mass is 33.1. The number of azide groups is 1. The van der Waals surface area contributed by atoms with Gasteiger partial charge >= 0.3 is 5.97 Å². The van der Waals surface area contributed by atoms with Crippen molar-refractivity contribution < 1.29 is 19.4 Å². The van der Waals surface area contributed by atoms with Crippen molar-refractivity contribution >= 4 is 27.6 Å². The number of carbonyl (C=O) groups excluding carboxylic acids is 1. The zero-order valence-corrected chi connectivity index (χ0v) is 16.2. The Morgan fingerprint density at radius 3 is 2.62 bits per heavy atom. The lowest BCUT2D eigenvalue weighted by Crippen LogP contribution is -2.40. The second-order valence-electron chi connectivity index (χ2n) is 5.29. The highest BCUT2D eigenvalue weighted by Crippen LogP contribution is 2.27. The van der Waals surface area contributed by atoms with E-state index in [4.69, 9.17) is 15.0 Å². The molecule has 0 saturated carbocycles. The first-order valence-electron chi connectivity index (χ1n) is 8.28. The van der Waals surface area contributed by atoms with Gasteiger partial charge < -0.3 is 14.6 Å². The number of unbranched alkanes of at least 4 members (excludes halogenated alkanes) is 3. The van der Waals surface area contributed by atoms with Crippen LogP contribution in [0.15, 0.2) is 5.11 Å². The molecule has 0 spiro atoms. The minimum Gasteiger partial charge on any atom is -0.465 e. The first-order chi connectivity index (χ1) is 11.7. The number of nitrogens with zero attached hydrogens (tertiary/aromatic N) is 3. The largest absolute Gasteiger partial charge is 0.465 e. The molecule has 24 heavy (non-hydrogen) atoms. The van der Waals surface area contributed by atoms with Gasteiger partial charge in [-0.3, -0.25) is 4.79 Å². The molecule has 0 aliphatic rings. The van der Waals surface area contributed by atoms with E-state index in [0.29, 0.717) is 25.5 Å². The Hall–Kier alpha value is -0.600. The van der Waals surface area contributed by atoms with E-state index in [1.165, 1.54) is 0 Å². The summed E-state index contributed by atoms with van der Waals surface area (Å²) in [5, 5.41) is 13.0. The van der Waals surface area contributed by atoms with E-state index >= 15 is 0 Å². The van der Waals surface area contributed by atoms with Crippen LogP contribution in [0.4, 0.5) is 0 Å². The summed E-state index contributed by atoms with van der Waals surface area (Å²) in [6, 6.07) is 0. The molecule has 0 rings (SSSR count). The molecule has 0 amide bonds. The van der Waals surface area contributed by atoms with Crippen LogP contribution in [0.3, 0.4) is 0 Å². The van der Waals surface area contributed by atoms with E-state index in [0.717, 1.165) is 31.4 Å². The monoisotopic (exact) mass is 379 g/mol. The van der Waals surface area contributed by atoms with Gasteiger partial charge in [0.1, 0.15) is 11.4 Å². The van der Waals surface area contributed by atoms with E-state index in [1.807, 2.05) is 6.92 Å². The summed E-state index contributed by atoms with van der Waals surface area (Å²) >= 11 is 0. The Morgan fingerprint density at radius 1 is 1.25 bits per heavy atom. The quantitative estimate of drug-likeness (QED) is 0.0821. The molecule has 140 valence electrons. The van der Waals surface area contributed by atoms with E-state index in [9.17, 15) is 9.90 Å². The standard InChI is InChI=1S/C15H29N3O4S2/c1-3-15(11-19,14(20)22-4-2)12-21-13-24-23-10-8-6-5-7-9-17-18-16/h19H,3-13H2,1-2H3. The average molecular weight is 380 g/mol. The van der Waals surface area contributed by atoms with Crippen molar-refractivity contribution in [3.05, 3.63) is 10.4 Å². The topological polar surface area (TPSA) is 105 Å². The molecule has 0 fully saturated rings. The highest BCUT2D eigenvalue weighted by molar-refractivity contribution is 8.76. The maximum atomic E-state index is 12.0. The maximum Gasteiger partial charge on any atom is 0.316 e. The van der Waals surface area contributed by atoms with Gasteiger partial charge in [0.15, 0.2) is 0 Å². The van der Waals surface area contributed by atoms with Crippen molar-refractivity contribution in [1.82, 2.24) is 0 Å². The van der Waals surface area contributed by atoms with E-state index in [-0.39, 0.29) is 13.2 Å². The highest BCUT2D eigenvalue weighted by Gasteiger charge is 2.38. The molecule has 0 aromatic rings. The van der Waals surface area contributed by atoms with Gasteiger partial charge in [0, 0.05) is 17.2 Å². The molecule has 0 radical (unpaired) electrons. The molecule has 7 nitrogen and oxygen atoms in total. The predicted molar refractivity (Wildman–Crippen MR) is 99.8 cm³/mol. The van der Waals surface area contributed by atoms with Crippen LogP contribution in [0.25, 0.3) is 10.4 Å². The fraction of sp³-hybridized carbons (Fsp3) is 0.933. The molecular formula is C15H29N3O4S2. The third-order valence-corrected chi connectivity index (χ3v) is 5.75. The van der Waals surface area contributed by atoms with Gasteiger partial charge in [-0.15, -0.1) is 0 Å². The predicted octanol–water partition coefficient (Wildman–Crippen LogP) is 4.16. The lowest BCUT2D eigenvalue weighted by atomic mass is 9.87. The van der Waals surface area contributed by atoms with Crippen LogP contribution in [0, 0.1) is 5.41 Å². The number of esters is 1. The number of aliphatic hydroxyl groups is 1. The summed E-state index contributed by atoms with van der Waals surface area (Å²) in [4.78, 5) is 14.7. The number of aliphatic hydroxyl groups excluding tert-OH is 1. The number of ether oxygens (including phenoxy) is 2. The fourth-order valence-electron chi connectivity index (χ4n) is 1.92. The number of rotatable bonds is 16. The van der Waals surface area contributed by atoms with Crippen LogP contribution < -0.4 is 0 Å². The van der Waals surface area contributed by atoms with Crippen LogP contribution in [0.1, 0.15) is 46.0 Å². The Morgan fingerprint density at radius 2 is 2.00 bits per heavy atom. The summed E-state index contributed by atoms with van der Waals surface area (Å²) < 4.78 is 10.6. The minimum atomic E-state index is -0.951. The molecule has 0 bridgehead atoms. The third kappa shape index (κ3) is 10.3. The third-order valence-electron chi connectivity index (χ3n) is 3.58. The fourth-order valence-corrected chi connectivity index (χ4v) is 3.69. The van der Waals surface area contributed by atoms with E-state index in [1.54, 1.807) is 28.5 Å². The van der Waals surface area contributed by atoms with Crippen LogP contribution in [0.2, 0.25) is 0 Å². The van der Waals surface area contributed by atoms with Gasteiger partial charge in [0.2, 0.25) is 0 Å². The molecular weight excluding hydrogens is 350 g/mol. The Balaban J connectivity index is 3.69. The van der Waals surface area contributed by atoms with Crippen molar-refractivity contribution in [2.45, 2.75) is 46.0 Å². The summed E-state index contributed by atoms with van der Waals surface area (Å²) in [6.45, 7) is 4.38. The second-order valence-corrected chi connectivity index (χ2v) is 7.82. The molecule has 0 aromatic carbocycles. The summed E-state index contributed by atoms with van der Waals surface area (Å²) in [5.41, 5.74) is 7.20. The Kier molecular flexibility index (Phi) is 15.5. The van der Waals surface area contributed by atoms with Crippen molar-refractivity contribution in [3.63, 3.8) is 0 Å². The van der Waals surface area contributed by atoms with E-state index < -0.39 is 11.4 Å². The SMILES string of the molecule is CCOC(=O)C(CC)(CO)COCSSCCCCCCN=[N+]=[N-]. The van der Waals surface area contributed by atoms with Gasteiger partial charge in [-0.25, -0.2) is 0 Å². The van der Waals surface area contributed by atoms with Gasteiger partial charge in [0.25, 0.3) is 0 Å². The molecule has 1 N–H and O–H groups in total. The van der Waals surface area contributed by atoms with Crippen molar-refractivity contribution in [3.8, 4) is 0 Å². The second kappa shape index (κ2) is 15.9.